The molecule has 1 aliphatic heterocycles. The highest BCUT2D eigenvalue weighted by Crippen LogP contribution is 2.34. The molecule has 0 saturated carbocycles. The van der Waals surface area contributed by atoms with Crippen molar-refractivity contribution in [1.29, 1.82) is 5.26 Å². The lowest BCUT2D eigenvalue weighted by Gasteiger charge is -2.22. The SMILES string of the molecule is C[C@]1(c2cccc(C(F)(F)F)c2)NC(=O)N(CC#N)C1=O. The van der Waals surface area contributed by atoms with Crippen LogP contribution in [0.3, 0.4) is 0 Å². The fraction of sp³-hybridized carbons (Fsp3) is 0.308. The quantitative estimate of drug-likeness (QED) is 0.670. The number of rotatable bonds is 2. The van der Waals surface area contributed by atoms with Crippen LogP contribution in [0.2, 0.25) is 0 Å². The molecule has 1 saturated heterocycles. The van der Waals surface area contributed by atoms with E-state index in [1.807, 2.05) is 0 Å². The van der Waals surface area contributed by atoms with Crippen molar-refractivity contribution in [2.45, 2.75) is 18.6 Å². The number of hydrogen-bond donors (Lipinski definition) is 1. The Morgan fingerprint density at radius 3 is 2.62 bits per heavy atom. The summed E-state index contributed by atoms with van der Waals surface area (Å²) in [6.07, 6.45) is -4.55. The second-order valence-corrected chi connectivity index (χ2v) is 4.68. The molecule has 21 heavy (non-hydrogen) atoms. The van der Waals surface area contributed by atoms with Crippen molar-refractivity contribution in [3.05, 3.63) is 35.4 Å². The molecule has 1 aliphatic rings. The smallest absolute Gasteiger partial charge is 0.319 e. The molecule has 1 aromatic carbocycles. The summed E-state index contributed by atoms with van der Waals surface area (Å²) in [5, 5.41) is 10.9. The van der Waals surface area contributed by atoms with Crippen molar-refractivity contribution in [3.8, 4) is 6.07 Å². The maximum atomic E-state index is 12.7. The van der Waals surface area contributed by atoms with Gasteiger partial charge in [0.2, 0.25) is 0 Å². The Kier molecular flexibility index (Phi) is 3.37. The molecule has 0 unspecified atom stereocenters. The van der Waals surface area contributed by atoms with Crippen LogP contribution in [0, 0.1) is 11.3 Å². The summed E-state index contributed by atoms with van der Waals surface area (Å²) in [7, 11) is 0. The van der Waals surface area contributed by atoms with E-state index in [1.165, 1.54) is 13.0 Å². The minimum atomic E-state index is -4.55. The van der Waals surface area contributed by atoms with E-state index in [0.717, 1.165) is 18.2 Å². The van der Waals surface area contributed by atoms with Gasteiger partial charge in [0.05, 0.1) is 11.6 Å². The number of benzene rings is 1. The van der Waals surface area contributed by atoms with Gasteiger partial charge in [-0.3, -0.25) is 4.79 Å². The maximum absolute atomic E-state index is 12.7. The summed E-state index contributed by atoms with van der Waals surface area (Å²) in [5.41, 5.74) is -2.52. The molecule has 1 fully saturated rings. The van der Waals surface area contributed by atoms with Gasteiger partial charge >= 0.3 is 12.2 Å². The van der Waals surface area contributed by atoms with Crippen LogP contribution < -0.4 is 5.32 Å². The second-order valence-electron chi connectivity index (χ2n) is 4.68. The summed E-state index contributed by atoms with van der Waals surface area (Å²) in [6.45, 7) is 0.847. The highest BCUT2D eigenvalue weighted by molar-refractivity contribution is 6.07. The van der Waals surface area contributed by atoms with Gasteiger partial charge in [0.1, 0.15) is 12.1 Å². The predicted molar refractivity (Wildman–Crippen MR) is 64.7 cm³/mol. The molecule has 1 atom stereocenters. The first-order chi connectivity index (χ1) is 9.70. The number of carbonyl (C=O) groups excluding carboxylic acids is 2. The average Bonchev–Trinajstić information content (AvgIpc) is 2.63. The van der Waals surface area contributed by atoms with Crippen LogP contribution in [0.25, 0.3) is 0 Å². The molecule has 0 aliphatic carbocycles. The molecule has 110 valence electrons. The minimum absolute atomic E-state index is 0.0103. The van der Waals surface area contributed by atoms with Crippen LogP contribution in [0.5, 0.6) is 0 Å². The lowest BCUT2D eigenvalue weighted by molar-refractivity contribution is -0.138. The summed E-state index contributed by atoms with van der Waals surface area (Å²) < 4.78 is 38.2. The van der Waals surface area contributed by atoms with E-state index in [0.29, 0.717) is 4.90 Å². The number of imide groups is 1. The van der Waals surface area contributed by atoms with Crippen LogP contribution in [-0.2, 0) is 16.5 Å². The van der Waals surface area contributed by atoms with Crippen LogP contribution >= 0.6 is 0 Å². The first-order valence-electron chi connectivity index (χ1n) is 5.89. The summed E-state index contributed by atoms with van der Waals surface area (Å²) in [5.74, 6) is -0.756. The largest absolute Gasteiger partial charge is 0.416 e. The predicted octanol–water partition coefficient (Wildman–Crippen LogP) is 2.00. The molecule has 1 aromatic rings. The third-order valence-corrected chi connectivity index (χ3v) is 3.27. The number of alkyl halides is 3. The molecule has 1 N–H and O–H groups in total. The second kappa shape index (κ2) is 4.77. The zero-order valence-electron chi connectivity index (χ0n) is 10.9. The molecular weight excluding hydrogens is 287 g/mol. The lowest BCUT2D eigenvalue weighted by atomic mass is 9.90. The van der Waals surface area contributed by atoms with Gasteiger partial charge in [-0.1, -0.05) is 12.1 Å². The number of carbonyl (C=O) groups is 2. The van der Waals surface area contributed by atoms with Gasteiger partial charge in [-0.2, -0.15) is 18.4 Å². The average molecular weight is 297 g/mol. The van der Waals surface area contributed by atoms with Gasteiger partial charge in [0.25, 0.3) is 5.91 Å². The molecule has 0 bridgehead atoms. The molecule has 1 heterocycles. The van der Waals surface area contributed by atoms with E-state index in [-0.39, 0.29) is 5.56 Å². The molecule has 0 spiro atoms. The number of hydrogen-bond acceptors (Lipinski definition) is 3. The van der Waals surface area contributed by atoms with Gasteiger partial charge in [-0.05, 0) is 24.6 Å². The highest BCUT2D eigenvalue weighted by atomic mass is 19.4. The van der Waals surface area contributed by atoms with Gasteiger partial charge in [-0.15, -0.1) is 0 Å². The van der Waals surface area contributed by atoms with Gasteiger partial charge in [0, 0.05) is 0 Å². The third kappa shape index (κ3) is 2.42. The number of halogens is 3. The fourth-order valence-electron chi connectivity index (χ4n) is 2.11. The molecule has 0 radical (unpaired) electrons. The third-order valence-electron chi connectivity index (χ3n) is 3.27. The van der Waals surface area contributed by atoms with Crippen LogP contribution in [-0.4, -0.2) is 23.4 Å². The number of nitriles is 1. The standard InChI is InChI=1S/C13H10F3N3O2/c1-12(10(20)19(6-5-17)11(21)18-12)8-3-2-4-9(7-8)13(14,15)16/h2-4,7H,6H2,1H3,(H,18,21)/t12-/m1/s1. The van der Waals surface area contributed by atoms with E-state index in [4.69, 9.17) is 5.26 Å². The Balaban J connectivity index is 2.45. The van der Waals surface area contributed by atoms with Crippen molar-refractivity contribution in [3.63, 3.8) is 0 Å². The van der Waals surface area contributed by atoms with Crippen LogP contribution in [0.15, 0.2) is 24.3 Å². The summed E-state index contributed by atoms with van der Waals surface area (Å²) in [6, 6.07) is 5.03. The van der Waals surface area contributed by atoms with E-state index in [9.17, 15) is 22.8 Å². The number of urea groups is 1. The van der Waals surface area contributed by atoms with Crippen LogP contribution in [0.1, 0.15) is 18.1 Å². The molecule has 0 aromatic heterocycles. The van der Waals surface area contributed by atoms with Gasteiger partial charge < -0.3 is 5.32 Å². The molecule has 3 amide bonds. The maximum Gasteiger partial charge on any atom is 0.416 e. The minimum Gasteiger partial charge on any atom is -0.319 e. The van der Waals surface area contributed by atoms with Crippen molar-refractivity contribution in [1.82, 2.24) is 10.2 Å². The molecular formula is C13H10F3N3O2. The Bertz CT molecular complexity index is 651. The number of nitrogens with one attached hydrogen (secondary N) is 1. The van der Waals surface area contributed by atoms with Gasteiger partial charge in [0.15, 0.2) is 0 Å². The van der Waals surface area contributed by atoms with Crippen molar-refractivity contribution < 1.29 is 22.8 Å². The number of amides is 3. The topological polar surface area (TPSA) is 73.2 Å². The first kappa shape index (κ1) is 14.8. The van der Waals surface area contributed by atoms with Crippen molar-refractivity contribution >= 4 is 11.9 Å². The van der Waals surface area contributed by atoms with Gasteiger partial charge in [-0.25, -0.2) is 9.69 Å². The van der Waals surface area contributed by atoms with E-state index in [1.54, 1.807) is 6.07 Å². The summed E-state index contributed by atoms with van der Waals surface area (Å²) >= 11 is 0. The van der Waals surface area contributed by atoms with Crippen molar-refractivity contribution in [2.75, 3.05) is 6.54 Å². The van der Waals surface area contributed by atoms with E-state index < -0.39 is 35.8 Å². The van der Waals surface area contributed by atoms with Crippen LogP contribution in [0.4, 0.5) is 18.0 Å². The zero-order valence-corrected chi connectivity index (χ0v) is 10.9. The highest BCUT2D eigenvalue weighted by Gasteiger charge is 2.49. The first-order valence-corrected chi connectivity index (χ1v) is 5.89. The normalized spacial score (nSPS) is 22.1. The molecule has 8 heteroatoms. The Hall–Kier alpha value is -2.56. The monoisotopic (exact) mass is 297 g/mol. The molecule has 5 nitrogen and oxygen atoms in total. The Morgan fingerprint density at radius 1 is 1.38 bits per heavy atom. The summed E-state index contributed by atoms with van der Waals surface area (Å²) in [4.78, 5) is 24.5. The van der Waals surface area contributed by atoms with E-state index in [2.05, 4.69) is 5.32 Å². The Labute approximate surface area is 118 Å². The lowest BCUT2D eigenvalue weighted by Crippen LogP contribution is -2.41. The zero-order chi connectivity index (χ0) is 15.8. The van der Waals surface area contributed by atoms with E-state index >= 15 is 0 Å². The fourth-order valence-corrected chi connectivity index (χ4v) is 2.11. The Morgan fingerprint density at radius 2 is 2.05 bits per heavy atom. The number of nitrogens with zero attached hydrogens (tertiary/aromatic N) is 2. The molecule has 2 rings (SSSR count). The van der Waals surface area contributed by atoms with Crippen molar-refractivity contribution in [2.24, 2.45) is 0 Å².